The van der Waals surface area contributed by atoms with Gasteiger partial charge in [-0.25, -0.2) is 4.39 Å². The van der Waals surface area contributed by atoms with Crippen molar-refractivity contribution in [2.75, 3.05) is 20.1 Å². The maximum absolute atomic E-state index is 13.0. The van der Waals surface area contributed by atoms with Gasteiger partial charge in [-0.3, -0.25) is 14.7 Å². The molecule has 0 spiro atoms. The second kappa shape index (κ2) is 8.85. The summed E-state index contributed by atoms with van der Waals surface area (Å²) in [5, 5.41) is 11.4. The number of hydrogen-bond donors (Lipinski definition) is 1. The zero-order valence-corrected chi connectivity index (χ0v) is 13.9. The molecule has 2 heterocycles. The molecule has 1 aliphatic rings. The minimum atomic E-state index is -0.407. The normalized spacial score (nSPS) is 16.6. The molecular formula is C18H19FN4O2. The fourth-order valence-electron chi connectivity index (χ4n) is 2.62. The van der Waals surface area contributed by atoms with Crippen LogP contribution in [0.4, 0.5) is 4.39 Å². The first-order chi connectivity index (χ1) is 12.1. The number of carbonyl (C=O) groups excluding carboxylic acids is 2. The number of nitrogens with one attached hydrogen (secondary N) is 1. The van der Waals surface area contributed by atoms with E-state index in [4.69, 9.17) is 5.26 Å². The van der Waals surface area contributed by atoms with Crippen LogP contribution in [0.2, 0.25) is 0 Å². The Morgan fingerprint density at radius 1 is 1.52 bits per heavy atom. The standard InChI is InChI=1S/C12H9FN2O2.C6H10N2/c13-8-1-2-9-10(12(17)15-5-6-16)3-4-14-11(9)7-8;1-8-4-2-3-6(8)5-7/h1-4,6-7H,5H2,(H,15,17);6H,2-4H2,1H3. The Labute approximate surface area is 145 Å². The Morgan fingerprint density at radius 2 is 2.32 bits per heavy atom. The molecule has 25 heavy (non-hydrogen) atoms. The van der Waals surface area contributed by atoms with E-state index in [9.17, 15) is 14.0 Å². The van der Waals surface area contributed by atoms with Crippen molar-refractivity contribution in [2.24, 2.45) is 0 Å². The Kier molecular flexibility index (Phi) is 6.54. The van der Waals surface area contributed by atoms with Crippen molar-refractivity contribution in [3.8, 4) is 6.07 Å². The van der Waals surface area contributed by atoms with E-state index in [-0.39, 0.29) is 18.5 Å². The van der Waals surface area contributed by atoms with Gasteiger partial charge in [0.1, 0.15) is 12.1 Å². The number of fused-ring (bicyclic) bond motifs is 1. The first-order valence-corrected chi connectivity index (χ1v) is 7.92. The van der Waals surface area contributed by atoms with Crippen molar-refractivity contribution in [2.45, 2.75) is 18.9 Å². The number of amides is 1. The van der Waals surface area contributed by atoms with E-state index < -0.39 is 5.82 Å². The topological polar surface area (TPSA) is 86.1 Å². The quantitative estimate of drug-likeness (QED) is 0.861. The van der Waals surface area contributed by atoms with E-state index in [2.05, 4.69) is 21.3 Å². The zero-order chi connectivity index (χ0) is 18.2. The molecule has 1 unspecified atom stereocenters. The number of aldehydes is 1. The number of hydrogen-bond acceptors (Lipinski definition) is 5. The fraction of sp³-hybridized carbons (Fsp3) is 0.333. The highest BCUT2D eigenvalue weighted by molar-refractivity contribution is 6.06. The minimum absolute atomic E-state index is 0.0517. The van der Waals surface area contributed by atoms with Gasteiger partial charge in [0.15, 0.2) is 0 Å². The van der Waals surface area contributed by atoms with Crippen molar-refractivity contribution >= 4 is 23.1 Å². The maximum atomic E-state index is 13.0. The van der Waals surface area contributed by atoms with Crippen LogP contribution in [0.3, 0.4) is 0 Å². The summed E-state index contributed by atoms with van der Waals surface area (Å²) in [5.74, 6) is -0.786. The van der Waals surface area contributed by atoms with Crippen LogP contribution < -0.4 is 5.32 Å². The molecule has 1 aromatic heterocycles. The van der Waals surface area contributed by atoms with Gasteiger partial charge in [-0.1, -0.05) is 0 Å². The largest absolute Gasteiger partial charge is 0.345 e. The Hall–Kier alpha value is -2.85. The number of aromatic nitrogens is 1. The van der Waals surface area contributed by atoms with Crippen LogP contribution in [0.15, 0.2) is 30.5 Å². The Balaban J connectivity index is 0.000000236. The molecular weight excluding hydrogens is 323 g/mol. The average Bonchev–Trinajstić information content (AvgIpc) is 3.04. The van der Waals surface area contributed by atoms with Crippen LogP contribution in [0, 0.1) is 17.1 Å². The number of nitrogens with zero attached hydrogens (tertiary/aromatic N) is 3. The number of nitriles is 1. The van der Waals surface area contributed by atoms with Crippen LogP contribution in [-0.4, -0.2) is 48.3 Å². The predicted molar refractivity (Wildman–Crippen MR) is 91.4 cm³/mol. The summed E-state index contributed by atoms with van der Waals surface area (Å²) in [6.45, 7) is 1.04. The molecule has 7 heteroatoms. The number of pyridine rings is 1. The predicted octanol–water partition coefficient (Wildman–Crippen LogP) is 1.91. The fourth-order valence-corrected chi connectivity index (χ4v) is 2.62. The van der Waals surface area contributed by atoms with Crippen LogP contribution >= 0.6 is 0 Å². The smallest absolute Gasteiger partial charge is 0.252 e. The van der Waals surface area contributed by atoms with Crippen molar-refractivity contribution in [1.29, 1.82) is 5.26 Å². The van der Waals surface area contributed by atoms with E-state index in [1.54, 1.807) is 0 Å². The molecule has 0 aliphatic carbocycles. The van der Waals surface area contributed by atoms with E-state index in [1.807, 2.05) is 7.05 Å². The van der Waals surface area contributed by atoms with Gasteiger partial charge in [-0.2, -0.15) is 5.26 Å². The van der Waals surface area contributed by atoms with Gasteiger partial charge in [0.2, 0.25) is 0 Å². The third kappa shape index (κ3) is 4.81. The highest BCUT2D eigenvalue weighted by atomic mass is 19.1. The lowest BCUT2D eigenvalue weighted by Gasteiger charge is -2.09. The minimum Gasteiger partial charge on any atom is -0.345 e. The molecule has 1 N–H and O–H groups in total. The lowest BCUT2D eigenvalue weighted by molar-refractivity contribution is -0.107. The van der Waals surface area contributed by atoms with Crippen molar-refractivity contribution in [1.82, 2.24) is 15.2 Å². The van der Waals surface area contributed by atoms with Gasteiger partial charge in [0.05, 0.1) is 29.7 Å². The molecule has 0 bridgehead atoms. The van der Waals surface area contributed by atoms with Crippen LogP contribution in [-0.2, 0) is 4.79 Å². The average molecular weight is 342 g/mol. The first kappa shape index (κ1) is 18.5. The summed E-state index contributed by atoms with van der Waals surface area (Å²) in [6, 6.07) is 7.99. The highest BCUT2D eigenvalue weighted by Crippen LogP contribution is 2.17. The first-order valence-electron chi connectivity index (χ1n) is 7.92. The van der Waals surface area contributed by atoms with Crippen molar-refractivity contribution in [3.63, 3.8) is 0 Å². The Morgan fingerprint density at radius 3 is 2.92 bits per heavy atom. The Bertz CT molecular complexity index is 803. The number of benzene rings is 1. The molecule has 2 aromatic rings. The summed E-state index contributed by atoms with van der Waals surface area (Å²) in [4.78, 5) is 28.0. The maximum Gasteiger partial charge on any atom is 0.252 e. The number of carbonyl (C=O) groups is 2. The molecule has 0 saturated carbocycles. The summed E-state index contributed by atoms with van der Waals surface area (Å²) < 4.78 is 13.0. The van der Waals surface area contributed by atoms with Crippen LogP contribution in [0.1, 0.15) is 23.2 Å². The summed E-state index contributed by atoms with van der Waals surface area (Å²) in [5.41, 5.74) is 0.778. The molecule has 1 saturated heterocycles. The molecule has 130 valence electrons. The van der Waals surface area contributed by atoms with E-state index in [1.165, 1.54) is 36.9 Å². The van der Waals surface area contributed by atoms with Gasteiger partial charge in [-0.05, 0) is 44.6 Å². The van der Waals surface area contributed by atoms with Crippen molar-refractivity contribution in [3.05, 3.63) is 41.8 Å². The molecule has 1 atom stereocenters. The van der Waals surface area contributed by atoms with E-state index in [0.717, 1.165) is 13.0 Å². The van der Waals surface area contributed by atoms with Gasteiger partial charge in [0, 0.05) is 17.6 Å². The summed E-state index contributed by atoms with van der Waals surface area (Å²) in [6.07, 6.45) is 4.28. The highest BCUT2D eigenvalue weighted by Gasteiger charge is 2.19. The summed E-state index contributed by atoms with van der Waals surface area (Å²) in [7, 11) is 2.00. The monoisotopic (exact) mass is 342 g/mol. The van der Waals surface area contributed by atoms with Gasteiger partial charge in [0.25, 0.3) is 5.91 Å². The summed E-state index contributed by atoms with van der Waals surface area (Å²) >= 11 is 0. The number of likely N-dealkylation sites (tertiary alicyclic amines) is 1. The molecule has 3 rings (SSSR count). The lowest BCUT2D eigenvalue weighted by Crippen LogP contribution is -2.25. The molecule has 1 aliphatic heterocycles. The molecule has 1 fully saturated rings. The molecule has 6 nitrogen and oxygen atoms in total. The molecule has 1 amide bonds. The lowest BCUT2D eigenvalue weighted by atomic mass is 10.1. The number of rotatable bonds is 3. The van der Waals surface area contributed by atoms with E-state index >= 15 is 0 Å². The molecule has 1 aromatic carbocycles. The van der Waals surface area contributed by atoms with Gasteiger partial charge in [-0.15, -0.1) is 0 Å². The zero-order valence-electron chi connectivity index (χ0n) is 13.9. The molecule has 0 radical (unpaired) electrons. The van der Waals surface area contributed by atoms with E-state index in [0.29, 0.717) is 22.8 Å². The van der Waals surface area contributed by atoms with Crippen LogP contribution in [0.25, 0.3) is 10.9 Å². The van der Waals surface area contributed by atoms with Crippen LogP contribution in [0.5, 0.6) is 0 Å². The SMILES string of the molecule is CN1CCCC1C#N.O=CCNC(=O)c1ccnc2cc(F)ccc12. The second-order valence-electron chi connectivity index (χ2n) is 5.66. The second-order valence-corrected chi connectivity index (χ2v) is 5.66. The van der Waals surface area contributed by atoms with Gasteiger partial charge < -0.3 is 10.1 Å². The third-order valence-electron chi connectivity index (χ3n) is 3.96. The van der Waals surface area contributed by atoms with Crippen molar-refractivity contribution < 1.29 is 14.0 Å². The third-order valence-corrected chi connectivity index (χ3v) is 3.96. The number of halogens is 1. The van der Waals surface area contributed by atoms with Gasteiger partial charge >= 0.3 is 0 Å².